The summed E-state index contributed by atoms with van der Waals surface area (Å²) in [5.41, 5.74) is 4.87. The Morgan fingerprint density at radius 3 is 2.35 bits per heavy atom. The maximum atomic E-state index is 13.2. The molecule has 2 atom stereocenters. The van der Waals surface area contributed by atoms with E-state index < -0.39 is 47.5 Å². The Morgan fingerprint density at radius 2 is 1.87 bits per heavy atom. The molecular weight excluding hydrogens is 404 g/mol. The lowest BCUT2D eigenvalue weighted by molar-refractivity contribution is -0.163. The lowest BCUT2D eigenvalue weighted by Gasteiger charge is -2.31. The summed E-state index contributed by atoms with van der Waals surface area (Å²) in [6.45, 7) is 7.30. The van der Waals surface area contributed by atoms with E-state index in [1.807, 2.05) is 0 Å². The van der Waals surface area contributed by atoms with E-state index in [2.05, 4.69) is 10.4 Å². The number of urea groups is 1. The lowest BCUT2D eigenvalue weighted by Crippen LogP contribution is -2.56. The van der Waals surface area contributed by atoms with E-state index in [0.717, 1.165) is 5.01 Å². The summed E-state index contributed by atoms with van der Waals surface area (Å²) >= 11 is 0. The van der Waals surface area contributed by atoms with E-state index >= 15 is 0 Å². The van der Waals surface area contributed by atoms with Gasteiger partial charge in [-0.05, 0) is 38.8 Å². The zero-order valence-corrected chi connectivity index (χ0v) is 18.2. The van der Waals surface area contributed by atoms with E-state index in [1.54, 1.807) is 45.0 Å². The largest absolute Gasteiger partial charge is 0.459 e. The number of imide groups is 1. The molecule has 0 radical (unpaired) electrons. The molecule has 1 aliphatic rings. The summed E-state index contributed by atoms with van der Waals surface area (Å²) in [6, 6.07) is 4.57. The monoisotopic (exact) mass is 432 g/mol. The van der Waals surface area contributed by atoms with Gasteiger partial charge in [-0.3, -0.25) is 14.4 Å². The number of nitrogens with zero attached hydrogens (tertiary/aromatic N) is 3. The smallest absolute Gasteiger partial charge is 0.344 e. The quantitative estimate of drug-likeness (QED) is 0.190. The summed E-state index contributed by atoms with van der Waals surface area (Å²) in [5.74, 6) is 3.05. The van der Waals surface area contributed by atoms with Crippen molar-refractivity contribution >= 4 is 30.0 Å². The molecule has 1 heterocycles. The van der Waals surface area contributed by atoms with Crippen molar-refractivity contribution < 1.29 is 23.9 Å². The summed E-state index contributed by atoms with van der Waals surface area (Å²) in [7, 11) is 0. The second-order valence-electron chi connectivity index (χ2n) is 8.31. The average Bonchev–Trinajstić information content (AvgIpc) is 2.88. The molecule has 2 rings (SSSR count). The Kier molecular flexibility index (Phi) is 6.70. The van der Waals surface area contributed by atoms with E-state index in [9.17, 15) is 19.2 Å². The third-order valence-corrected chi connectivity index (χ3v) is 4.57. The van der Waals surface area contributed by atoms with Crippen molar-refractivity contribution in [3.63, 3.8) is 0 Å². The fourth-order valence-electron chi connectivity index (χ4n) is 3.02. The highest BCUT2D eigenvalue weighted by atomic mass is 16.6. The molecule has 168 valence electrons. The van der Waals surface area contributed by atoms with Crippen LogP contribution in [-0.4, -0.2) is 58.2 Å². The zero-order chi connectivity index (χ0) is 23.6. The van der Waals surface area contributed by atoms with Crippen LogP contribution in [0, 0.1) is 0 Å². The molecule has 4 amide bonds. The highest BCUT2D eigenvalue weighted by Crippen LogP contribution is 2.30. The van der Waals surface area contributed by atoms with Crippen LogP contribution in [0.25, 0.3) is 0 Å². The van der Waals surface area contributed by atoms with Crippen molar-refractivity contribution in [3.8, 4) is 0 Å². The number of hydrogen-bond donors (Lipinski definition) is 3. The number of ether oxygens (including phenoxy) is 1. The van der Waals surface area contributed by atoms with Crippen LogP contribution in [0.15, 0.2) is 29.4 Å². The van der Waals surface area contributed by atoms with Gasteiger partial charge >= 0.3 is 12.0 Å². The molecule has 1 aromatic carbocycles. The highest BCUT2D eigenvalue weighted by Gasteiger charge is 2.52. The topological polar surface area (TPSA) is 160 Å². The molecule has 0 saturated carbocycles. The maximum Gasteiger partial charge on any atom is 0.344 e. The molecule has 1 aromatic rings. The molecule has 31 heavy (non-hydrogen) atoms. The molecule has 0 aromatic heterocycles. The van der Waals surface area contributed by atoms with Gasteiger partial charge in [0, 0.05) is 6.92 Å². The fourth-order valence-corrected chi connectivity index (χ4v) is 3.02. The number of benzene rings is 1. The first-order chi connectivity index (χ1) is 14.3. The van der Waals surface area contributed by atoms with Crippen LogP contribution in [0.3, 0.4) is 0 Å². The number of amides is 4. The molecule has 5 N–H and O–H groups in total. The molecule has 0 bridgehead atoms. The standard InChI is InChI=1S/C20H28N6O5/c1-12(27)25(11-15(21)16(28)31-19(2,3)4)26-17(29)20(5,24-18(26)30)14-8-6-13(7-9-14)10-23-22/h6-10,15H,11,21-22H2,1-5H3,(H,24,30). The van der Waals surface area contributed by atoms with Crippen molar-refractivity contribution in [1.82, 2.24) is 15.3 Å². The van der Waals surface area contributed by atoms with E-state index in [-0.39, 0.29) is 0 Å². The fraction of sp³-hybridized carbons (Fsp3) is 0.450. The van der Waals surface area contributed by atoms with E-state index in [1.165, 1.54) is 20.1 Å². The molecule has 0 aliphatic carbocycles. The van der Waals surface area contributed by atoms with E-state index in [4.69, 9.17) is 16.3 Å². The van der Waals surface area contributed by atoms with Crippen molar-refractivity contribution in [3.05, 3.63) is 35.4 Å². The normalized spacial score (nSPS) is 20.0. The molecule has 1 saturated heterocycles. The van der Waals surface area contributed by atoms with Gasteiger partial charge in [0.25, 0.3) is 5.91 Å². The number of carbonyl (C=O) groups is 4. The van der Waals surface area contributed by atoms with Gasteiger partial charge in [-0.1, -0.05) is 24.3 Å². The second-order valence-corrected chi connectivity index (χ2v) is 8.31. The van der Waals surface area contributed by atoms with Crippen LogP contribution in [0.4, 0.5) is 4.79 Å². The SMILES string of the molecule is CC(=O)N(CC(N)C(=O)OC(C)(C)C)N1C(=O)NC(C)(c2ccc(C=NN)cc2)C1=O. The third kappa shape index (κ3) is 5.18. The zero-order valence-electron chi connectivity index (χ0n) is 18.2. The Balaban J connectivity index is 2.28. The highest BCUT2D eigenvalue weighted by molar-refractivity contribution is 6.08. The van der Waals surface area contributed by atoms with Crippen molar-refractivity contribution in [2.24, 2.45) is 16.7 Å². The molecule has 0 spiro atoms. The number of hydrazine groups is 1. The van der Waals surface area contributed by atoms with Crippen molar-refractivity contribution in [1.29, 1.82) is 0 Å². The van der Waals surface area contributed by atoms with Gasteiger partial charge in [-0.2, -0.15) is 10.1 Å². The van der Waals surface area contributed by atoms with Crippen LogP contribution in [-0.2, 0) is 24.7 Å². The van der Waals surface area contributed by atoms with Gasteiger partial charge in [0.05, 0.1) is 12.8 Å². The van der Waals surface area contributed by atoms with Crippen molar-refractivity contribution in [2.75, 3.05) is 6.54 Å². The van der Waals surface area contributed by atoms with Crippen LogP contribution in [0.2, 0.25) is 0 Å². The first-order valence-corrected chi connectivity index (χ1v) is 9.57. The number of carbonyl (C=O) groups excluding carboxylic acids is 4. The van der Waals surface area contributed by atoms with Gasteiger partial charge in [0.1, 0.15) is 17.2 Å². The van der Waals surface area contributed by atoms with Crippen LogP contribution in [0.1, 0.15) is 45.7 Å². The van der Waals surface area contributed by atoms with Gasteiger partial charge in [0.2, 0.25) is 5.91 Å². The summed E-state index contributed by atoms with van der Waals surface area (Å²) in [4.78, 5) is 50.4. The summed E-state index contributed by atoms with van der Waals surface area (Å²) in [6.07, 6.45) is 1.43. The molecule has 11 heteroatoms. The number of nitrogens with two attached hydrogens (primary N) is 2. The van der Waals surface area contributed by atoms with Crippen LogP contribution < -0.4 is 16.9 Å². The molecule has 1 aliphatic heterocycles. The molecule has 2 unspecified atom stereocenters. The first kappa shape index (κ1) is 23.8. The summed E-state index contributed by atoms with van der Waals surface area (Å²) in [5, 5.41) is 7.54. The number of hydrazone groups is 1. The average molecular weight is 432 g/mol. The van der Waals surface area contributed by atoms with Crippen LogP contribution >= 0.6 is 0 Å². The maximum absolute atomic E-state index is 13.2. The third-order valence-electron chi connectivity index (χ3n) is 4.57. The lowest BCUT2D eigenvalue weighted by atomic mass is 9.91. The van der Waals surface area contributed by atoms with Gasteiger partial charge in [0.15, 0.2) is 0 Å². The Labute approximate surface area is 180 Å². The number of rotatable bonds is 6. The number of hydrogen-bond acceptors (Lipinski definition) is 8. The number of nitrogens with one attached hydrogen (secondary N) is 1. The van der Waals surface area contributed by atoms with E-state index in [0.29, 0.717) is 16.1 Å². The predicted octanol–water partition coefficient (Wildman–Crippen LogP) is 0.179. The molecule has 11 nitrogen and oxygen atoms in total. The molecule has 1 fully saturated rings. The minimum absolute atomic E-state index is 0.411. The predicted molar refractivity (Wildman–Crippen MR) is 112 cm³/mol. The van der Waals surface area contributed by atoms with Crippen LogP contribution in [0.5, 0.6) is 0 Å². The Bertz CT molecular complexity index is 908. The van der Waals surface area contributed by atoms with Gasteiger partial charge in [-0.15, -0.1) is 0 Å². The summed E-state index contributed by atoms with van der Waals surface area (Å²) < 4.78 is 5.21. The number of esters is 1. The second kappa shape index (κ2) is 8.72. The Morgan fingerprint density at radius 1 is 1.29 bits per heavy atom. The van der Waals surface area contributed by atoms with Crippen molar-refractivity contribution in [2.45, 2.75) is 51.8 Å². The molecular formula is C20H28N6O5. The van der Waals surface area contributed by atoms with Gasteiger partial charge < -0.3 is 21.6 Å². The first-order valence-electron chi connectivity index (χ1n) is 9.57. The van der Waals surface area contributed by atoms with Gasteiger partial charge in [-0.25, -0.2) is 9.80 Å². The minimum atomic E-state index is -1.43. The minimum Gasteiger partial charge on any atom is -0.459 e. The Hall–Kier alpha value is -3.47.